The first-order valence-corrected chi connectivity index (χ1v) is 7.97. The Morgan fingerprint density at radius 1 is 1.33 bits per heavy atom. The highest BCUT2D eigenvalue weighted by Crippen LogP contribution is 2.25. The van der Waals surface area contributed by atoms with Crippen LogP contribution in [0.3, 0.4) is 0 Å². The van der Waals surface area contributed by atoms with Gasteiger partial charge >= 0.3 is 0 Å². The minimum atomic E-state index is -3.73. The van der Waals surface area contributed by atoms with Gasteiger partial charge in [-0.25, -0.2) is 12.8 Å². The predicted molar refractivity (Wildman–Crippen MR) is 73.4 cm³/mol. The first-order chi connectivity index (χ1) is 9.89. The molecule has 0 bridgehead atoms. The largest absolute Gasteiger partial charge is 0.252 e. The van der Waals surface area contributed by atoms with Gasteiger partial charge in [-0.2, -0.15) is 4.31 Å². The van der Waals surface area contributed by atoms with E-state index in [1.807, 2.05) is 0 Å². The minimum Gasteiger partial charge on any atom is -0.252 e. The Balaban J connectivity index is 1.98. The summed E-state index contributed by atoms with van der Waals surface area (Å²) in [6.45, 7) is 2.16. The first kappa shape index (κ1) is 14.2. The molecule has 0 fully saturated rings. The molecule has 6 nitrogen and oxygen atoms in total. The van der Waals surface area contributed by atoms with Gasteiger partial charge in [0.1, 0.15) is 11.5 Å². The third kappa shape index (κ3) is 2.34. The Labute approximate surface area is 122 Å². The molecule has 1 aromatic heterocycles. The van der Waals surface area contributed by atoms with Crippen LogP contribution in [0, 0.1) is 12.7 Å². The van der Waals surface area contributed by atoms with Crippen LogP contribution in [-0.2, 0) is 30.0 Å². The molecule has 0 saturated carbocycles. The lowest BCUT2D eigenvalue weighted by Crippen LogP contribution is -2.36. The van der Waals surface area contributed by atoms with Crippen molar-refractivity contribution in [2.75, 3.05) is 6.54 Å². The molecule has 0 amide bonds. The second-order valence-corrected chi connectivity index (χ2v) is 7.01. The number of hydrogen-bond donors (Lipinski definition) is 0. The maximum atomic E-state index is 13.4. The Morgan fingerprint density at radius 3 is 2.86 bits per heavy atom. The number of hydrogen-bond acceptors (Lipinski definition) is 4. The summed E-state index contributed by atoms with van der Waals surface area (Å²) in [6.07, 6.45) is 0.548. The van der Waals surface area contributed by atoms with Crippen LogP contribution in [0.5, 0.6) is 0 Å². The summed E-state index contributed by atoms with van der Waals surface area (Å²) in [5, 5.41) is 7.89. The van der Waals surface area contributed by atoms with Crippen molar-refractivity contribution in [1.82, 2.24) is 19.3 Å². The maximum Gasteiger partial charge on any atom is 0.243 e. The first-order valence-electron chi connectivity index (χ1n) is 6.53. The van der Waals surface area contributed by atoms with E-state index in [2.05, 4.69) is 10.3 Å². The molecule has 8 heteroatoms. The molecular weight excluding hydrogens is 295 g/mol. The van der Waals surface area contributed by atoms with E-state index in [9.17, 15) is 12.8 Å². The zero-order valence-corrected chi connectivity index (χ0v) is 12.6. The molecule has 1 aliphatic heterocycles. The topological polar surface area (TPSA) is 68.1 Å². The van der Waals surface area contributed by atoms with Gasteiger partial charge in [-0.05, 0) is 24.6 Å². The van der Waals surface area contributed by atoms with Gasteiger partial charge in [-0.1, -0.05) is 11.3 Å². The van der Waals surface area contributed by atoms with E-state index in [-0.39, 0.29) is 11.4 Å². The van der Waals surface area contributed by atoms with Crippen molar-refractivity contribution >= 4 is 10.0 Å². The van der Waals surface area contributed by atoms with Gasteiger partial charge in [0.2, 0.25) is 10.0 Å². The summed E-state index contributed by atoms with van der Waals surface area (Å²) in [4.78, 5) is 0.00911. The molecule has 0 atom stereocenters. The molecule has 1 aromatic carbocycles. The van der Waals surface area contributed by atoms with Crippen LogP contribution in [0.15, 0.2) is 23.1 Å². The number of nitrogens with zero attached hydrogens (tertiary/aromatic N) is 4. The van der Waals surface area contributed by atoms with Crippen LogP contribution < -0.4 is 0 Å². The third-order valence-corrected chi connectivity index (χ3v) is 5.70. The molecule has 21 heavy (non-hydrogen) atoms. The Bertz CT molecular complexity index is 800. The molecule has 0 N–H and O–H groups in total. The van der Waals surface area contributed by atoms with Gasteiger partial charge < -0.3 is 0 Å². The summed E-state index contributed by atoms with van der Waals surface area (Å²) in [7, 11) is -1.95. The number of benzene rings is 1. The van der Waals surface area contributed by atoms with Crippen LogP contribution in [0.1, 0.15) is 17.0 Å². The molecule has 0 aliphatic carbocycles. The van der Waals surface area contributed by atoms with Crippen LogP contribution in [0.25, 0.3) is 0 Å². The van der Waals surface area contributed by atoms with Crippen LogP contribution in [0.4, 0.5) is 4.39 Å². The lowest BCUT2D eigenvalue weighted by molar-refractivity contribution is 0.382. The van der Waals surface area contributed by atoms with Crippen LogP contribution in [-0.4, -0.2) is 34.3 Å². The highest BCUT2D eigenvalue weighted by Gasteiger charge is 2.31. The summed E-state index contributed by atoms with van der Waals surface area (Å²) in [6, 6.07) is 3.79. The molecule has 0 unspecified atom stereocenters. The zero-order valence-electron chi connectivity index (χ0n) is 11.7. The van der Waals surface area contributed by atoms with E-state index >= 15 is 0 Å². The summed E-state index contributed by atoms with van der Waals surface area (Å²) in [5.41, 5.74) is 2.13. The quantitative estimate of drug-likeness (QED) is 0.830. The summed E-state index contributed by atoms with van der Waals surface area (Å²) in [5.74, 6) is -0.559. The van der Waals surface area contributed by atoms with Crippen molar-refractivity contribution in [3.05, 3.63) is 41.0 Å². The number of aryl methyl sites for hydroxylation is 2. The highest BCUT2D eigenvalue weighted by atomic mass is 32.2. The summed E-state index contributed by atoms with van der Waals surface area (Å²) < 4.78 is 41.7. The van der Waals surface area contributed by atoms with Gasteiger partial charge in [0, 0.05) is 20.0 Å². The second kappa shape index (κ2) is 4.88. The van der Waals surface area contributed by atoms with Crippen molar-refractivity contribution in [2.45, 2.75) is 24.8 Å². The molecule has 0 spiro atoms. The van der Waals surface area contributed by atoms with Crippen molar-refractivity contribution < 1.29 is 12.8 Å². The van der Waals surface area contributed by atoms with Gasteiger partial charge in [0.05, 0.1) is 17.1 Å². The monoisotopic (exact) mass is 310 g/mol. The molecule has 1 aliphatic rings. The smallest absolute Gasteiger partial charge is 0.243 e. The van der Waals surface area contributed by atoms with E-state index in [1.165, 1.54) is 16.4 Å². The fourth-order valence-corrected chi connectivity index (χ4v) is 4.16. The summed E-state index contributed by atoms with van der Waals surface area (Å²) >= 11 is 0. The fraction of sp³-hybridized carbons (Fsp3) is 0.385. The number of rotatable bonds is 2. The Kier molecular flexibility index (Phi) is 3.29. The SMILES string of the molecule is Cc1ccc(F)cc1S(=O)(=O)N1CCc2c(nnn2C)C1. The van der Waals surface area contributed by atoms with Crippen molar-refractivity contribution in [1.29, 1.82) is 0 Å². The van der Waals surface area contributed by atoms with Gasteiger partial charge in [-0.15, -0.1) is 5.10 Å². The number of halogens is 1. The Morgan fingerprint density at radius 2 is 2.10 bits per heavy atom. The Hall–Kier alpha value is -1.80. The second-order valence-electron chi connectivity index (χ2n) is 5.10. The van der Waals surface area contributed by atoms with Gasteiger partial charge in [-0.3, -0.25) is 4.68 Å². The number of fused-ring (bicyclic) bond motifs is 1. The molecule has 2 heterocycles. The van der Waals surface area contributed by atoms with E-state index in [1.54, 1.807) is 18.7 Å². The van der Waals surface area contributed by atoms with Crippen LogP contribution in [0.2, 0.25) is 0 Å². The van der Waals surface area contributed by atoms with E-state index in [0.717, 1.165) is 11.8 Å². The maximum absolute atomic E-state index is 13.4. The number of sulfonamides is 1. The van der Waals surface area contributed by atoms with E-state index in [0.29, 0.717) is 24.2 Å². The lowest BCUT2D eigenvalue weighted by atomic mass is 10.2. The molecule has 2 aromatic rings. The molecule has 112 valence electrons. The van der Waals surface area contributed by atoms with Crippen molar-refractivity contribution in [3.8, 4) is 0 Å². The average molecular weight is 310 g/mol. The third-order valence-electron chi connectivity index (χ3n) is 3.72. The molecule has 3 rings (SSSR count). The number of aromatic nitrogens is 3. The lowest BCUT2D eigenvalue weighted by Gasteiger charge is -2.26. The highest BCUT2D eigenvalue weighted by molar-refractivity contribution is 7.89. The predicted octanol–water partition coefficient (Wildman–Crippen LogP) is 1.01. The molecule has 0 saturated heterocycles. The average Bonchev–Trinajstić information content (AvgIpc) is 2.82. The van der Waals surface area contributed by atoms with E-state index in [4.69, 9.17) is 0 Å². The van der Waals surface area contributed by atoms with Gasteiger partial charge in [0.25, 0.3) is 0 Å². The van der Waals surface area contributed by atoms with E-state index < -0.39 is 15.8 Å². The minimum absolute atomic E-state index is 0.00911. The molecular formula is C13H15FN4O2S. The van der Waals surface area contributed by atoms with Crippen LogP contribution >= 0.6 is 0 Å². The zero-order chi connectivity index (χ0) is 15.2. The van der Waals surface area contributed by atoms with Crippen molar-refractivity contribution in [3.63, 3.8) is 0 Å². The fourth-order valence-electron chi connectivity index (χ4n) is 2.52. The van der Waals surface area contributed by atoms with Crippen molar-refractivity contribution in [2.24, 2.45) is 7.05 Å². The normalized spacial score (nSPS) is 16.0. The molecule has 0 radical (unpaired) electrons. The standard InChI is InChI=1S/C13H15FN4O2S/c1-9-3-4-10(14)7-13(9)21(19,20)18-6-5-12-11(8-18)15-16-17(12)2/h3-4,7H,5-6,8H2,1-2H3. The van der Waals surface area contributed by atoms with Gasteiger partial charge in [0.15, 0.2) is 0 Å².